The Morgan fingerprint density at radius 1 is 1.08 bits per heavy atom. The number of hydrogen-bond acceptors (Lipinski definition) is 6. The second-order valence-corrected chi connectivity index (χ2v) is 9.17. The number of amides is 3. The molecule has 0 bridgehead atoms. The van der Waals surface area contributed by atoms with Gasteiger partial charge in [-0.3, -0.25) is 19.3 Å². The molecule has 1 saturated heterocycles. The summed E-state index contributed by atoms with van der Waals surface area (Å²) in [6.45, 7) is 5.12. The zero-order valence-electron chi connectivity index (χ0n) is 20.2. The van der Waals surface area contributed by atoms with Crippen LogP contribution in [0.1, 0.15) is 60.6 Å². The third-order valence-corrected chi connectivity index (χ3v) is 6.45. The van der Waals surface area contributed by atoms with Crippen molar-refractivity contribution in [3.63, 3.8) is 0 Å². The first-order valence-corrected chi connectivity index (χ1v) is 12.0. The summed E-state index contributed by atoms with van der Waals surface area (Å²) in [5.74, 6) is 0.150. The topological polar surface area (TPSA) is 97.8 Å². The zero-order chi connectivity index (χ0) is 25.2. The van der Waals surface area contributed by atoms with Gasteiger partial charge in [0.1, 0.15) is 5.75 Å². The maximum absolute atomic E-state index is 12.8. The molecule has 36 heavy (non-hydrogen) atoms. The van der Waals surface area contributed by atoms with Gasteiger partial charge in [-0.25, -0.2) is 4.98 Å². The van der Waals surface area contributed by atoms with E-state index < -0.39 is 0 Å². The first-order chi connectivity index (χ1) is 17.4. The summed E-state index contributed by atoms with van der Waals surface area (Å²) < 4.78 is 11.5. The highest BCUT2D eigenvalue weighted by Gasteiger charge is 2.37. The number of hydrogen-bond donors (Lipinski definition) is 1. The van der Waals surface area contributed by atoms with Crippen LogP contribution in [0.15, 0.2) is 54.7 Å². The number of carbonyl (C=O) groups is 3. The molecule has 3 heterocycles. The van der Waals surface area contributed by atoms with Gasteiger partial charge in [-0.1, -0.05) is 18.2 Å². The molecule has 1 fully saturated rings. The summed E-state index contributed by atoms with van der Waals surface area (Å²) >= 11 is 0. The summed E-state index contributed by atoms with van der Waals surface area (Å²) in [6, 6.07) is 14.2. The highest BCUT2D eigenvalue weighted by molar-refractivity contribution is 6.22. The van der Waals surface area contributed by atoms with Crippen LogP contribution in [0.2, 0.25) is 0 Å². The van der Waals surface area contributed by atoms with Crippen LogP contribution in [-0.4, -0.2) is 46.9 Å². The van der Waals surface area contributed by atoms with E-state index in [2.05, 4.69) is 10.3 Å². The maximum atomic E-state index is 12.8. The van der Waals surface area contributed by atoms with Crippen LogP contribution >= 0.6 is 0 Å². The fraction of sp³-hybridized carbons (Fsp3) is 0.286. The molecule has 3 amide bonds. The molecule has 184 valence electrons. The molecule has 2 aliphatic rings. The van der Waals surface area contributed by atoms with Crippen molar-refractivity contribution >= 4 is 17.7 Å². The van der Waals surface area contributed by atoms with Crippen molar-refractivity contribution in [1.82, 2.24) is 15.2 Å². The lowest BCUT2D eigenvalue weighted by Gasteiger charge is -2.17. The predicted octanol–water partition coefficient (Wildman–Crippen LogP) is 4.20. The average molecular weight is 486 g/mol. The van der Waals surface area contributed by atoms with E-state index in [1.54, 1.807) is 24.4 Å². The number of ether oxygens (including phenoxy) is 2. The molecule has 1 atom stereocenters. The zero-order valence-corrected chi connectivity index (χ0v) is 20.2. The molecule has 8 heteroatoms. The number of aromatic nitrogens is 1. The van der Waals surface area contributed by atoms with Gasteiger partial charge < -0.3 is 14.8 Å². The number of carbonyl (C=O) groups excluding carboxylic acids is 3. The summed E-state index contributed by atoms with van der Waals surface area (Å²) in [5.41, 5.74) is 3.80. The van der Waals surface area contributed by atoms with E-state index in [0.717, 1.165) is 35.3 Å². The SMILES string of the molecule is Cc1ccc(C)c(Oc2ccc(CNC(=O)c3ccc4c(c3)C(=O)N(CC3CCCO3)C4=O)cn2)c1. The molecule has 2 aliphatic heterocycles. The fourth-order valence-electron chi connectivity index (χ4n) is 4.38. The molecule has 3 aromatic rings. The number of nitrogens with one attached hydrogen (secondary N) is 1. The van der Waals surface area contributed by atoms with Gasteiger partial charge in [0.2, 0.25) is 5.88 Å². The second-order valence-electron chi connectivity index (χ2n) is 9.17. The van der Waals surface area contributed by atoms with Gasteiger partial charge in [-0.2, -0.15) is 0 Å². The molecule has 0 radical (unpaired) electrons. The second kappa shape index (κ2) is 9.91. The van der Waals surface area contributed by atoms with Gasteiger partial charge in [0.25, 0.3) is 17.7 Å². The van der Waals surface area contributed by atoms with Gasteiger partial charge >= 0.3 is 0 Å². The van der Waals surface area contributed by atoms with E-state index in [9.17, 15) is 14.4 Å². The Labute approximate surface area is 209 Å². The minimum atomic E-state index is -0.385. The number of rotatable bonds is 7. The Morgan fingerprint density at radius 3 is 2.67 bits per heavy atom. The van der Waals surface area contributed by atoms with E-state index in [-0.39, 0.29) is 42.5 Å². The van der Waals surface area contributed by atoms with Gasteiger partial charge in [0, 0.05) is 31.0 Å². The number of pyridine rings is 1. The molecule has 2 aromatic carbocycles. The third kappa shape index (κ3) is 4.85. The highest BCUT2D eigenvalue weighted by Crippen LogP contribution is 2.27. The van der Waals surface area contributed by atoms with E-state index in [4.69, 9.17) is 9.47 Å². The number of aryl methyl sites for hydroxylation is 2. The maximum Gasteiger partial charge on any atom is 0.261 e. The quantitative estimate of drug-likeness (QED) is 0.504. The molecule has 1 aromatic heterocycles. The molecule has 0 saturated carbocycles. The van der Waals surface area contributed by atoms with Crippen molar-refractivity contribution in [3.05, 3.63) is 88.1 Å². The third-order valence-electron chi connectivity index (χ3n) is 6.45. The van der Waals surface area contributed by atoms with Crippen LogP contribution in [-0.2, 0) is 11.3 Å². The normalized spacial score (nSPS) is 16.8. The number of benzene rings is 2. The molecule has 1 N–H and O–H groups in total. The minimum Gasteiger partial charge on any atom is -0.439 e. The van der Waals surface area contributed by atoms with Crippen LogP contribution in [0.5, 0.6) is 11.6 Å². The van der Waals surface area contributed by atoms with Gasteiger partial charge in [0.05, 0.1) is 23.8 Å². The standard InChI is InChI=1S/C28H27N3O5/c1-17-5-6-18(2)24(12-17)36-25-10-7-19(14-29-25)15-30-26(32)20-8-9-22-23(13-20)28(34)31(27(22)33)16-21-4-3-11-35-21/h5-10,12-14,21H,3-4,11,15-16H2,1-2H3,(H,30,32). The minimum absolute atomic E-state index is 0.124. The summed E-state index contributed by atoms with van der Waals surface area (Å²) in [4.78, 5) is 43.9. The van der Waals surface area contributed by atoms with Gasteiger partial charge in [0.15, 0.2) is 0 Å². The Kier molecular flexibility index (Phi) is 6.52. The number of fused-ring (bicyclic) bond motifs is 1. The smallest absolute Gasteiger partial charge is 0.261 e. The van der Waals surface area contributed by atoms with Gasteiger partial charge in [-0.05, 0) is 67.6 Å². The van der Waals surface area contributed by atoms with E-state index in [0.29, 0.717) is 23.6 Å². The summed E-state index contributed by atoms with van der Waals surface area (Å²) in [7, 11) is 0. The lowest BCUT2D eigenvalue weighted by Crippen LogP contribution is -2.36. The lowest BCUT2D eigenvalue weighted by atomic mass is 10.1. The van der Waals surface area contributed by atoms with Crippen LogP contribution < -0.4 is 10.1 Å². The molecule has 0 aliphatic carbocycles. The molecule has 8 nitrogen and oxygen atoms in total. The first kappa shape index (κ1) is 23.7. The van der Waals surface area contributed by atoms with Crippen molar-refractivity contribution in [1.29, 1.82) is 0 Å². The van der Waals surface area contributed by atoms with Crippen LogP contribution in [0.3, 0.4) is 0 Å². The Balaban J connectivity index is 1.20. The summed E-state index contributed by atoms with van der Waals surface area (Å²) in [6.07, 6.45) is 3.28. The van der Waals surface area contributed by atoms with Crippen molar-refractivity contribution in [3.8, 4) is 11.6 Å². The molecule has 1 unspecified atom stereocenters. The molecule has 0 spiro atoms. The molecule has 5 rings (SSSR count). The van der Waals surface area contributed by atoms with Crippen molar-refractivity contribution in [2.75, 3.05) is 13.2 Å². The Hall–Kier alpha value is -4.04. The number of nitrogens with zero attached hydrogens (tertiary/aromatic N) is 2. The number of imide groups is 1. The van der Waals surface area contributed by atoms with Crippen molar-refractivity contribution < 1.29 is 23.9 Å². The lowest BCUT2D eigenvalue weighted by molar-refractivity contribution is 0.0475. The first-order valence-electron chi connectivity index (χ1n) is 12.0. The largest absolute Gasteiger partial charge is 0.439 e. The highest BCUT2D eigenvalue weighted by atomic mass is 16.5. The van der Waals surface area contributed by atoms with Gasteiger partial charge in [-0.15, -0.1) is 0 Å². The van der Waals surface area contributed by atoms with Crippen molar-refractivity contribution in [2.24, 2.45) is 0 Å². The van der Waals surface area contributed by atoms with E-state index in [1.807, 2.05) is 38.1 Å². The van der Waals surface area contributed by atoms with E-state index in [1.165, 1.54) is 11.0 Å². The Morgan fingerprint density at radius 2 is 1.92 bits per heavy atom. The molecular formula is C28H27N3O5. The van der Waals surface area contributed by atoms with Crippen LogP contribution in [0.4, 0.5) is 0 Å². The Bertz CT molecular complexity index is 1330. The van der Waals surface area contributed by atoms with E-state index >= 15 is 0 Å². The average Bonchev–Trinajstić information content (AvgIpc) is 3.48. The van der Waals surface area contributed by atoms with Crippen LogP contribution in [0.25, 0.3) is 0 Å². The van der Waals surface area contributed by atoms with Crippen LogP contribution in [0, 0.1) is 13.8 Å². The molecular weight excluding hydrogens is 458 g/mol. The summed E-state index contributed by atoms with van der Waals surface area (Å²) in [5, 5.41) is 2.84. The van der Waals surface area contributed by atoms with Crippen molar-refractivity contribution in [2.45, 2.75) is 39.3 Å². The fourth-order valence-corrected chi connectivity index (χ4v) is 4.38. The monoisotopic (exact) mass is 485 g/mol. The predicted molar refractivity (Wildman–Crippen MR) is 132 cm³/mol.